The number of benzene rings is 10. The Hall–Kier alpha value is -18.4. The van der Waals surface area contributed by atoms with Crippen LogP contribution in [0.4, 0.5) is 70.2 Å². The second-order valence-electron chi connectivity index (χ2n) is 30.0. The Morgan fingerprint density at radius 2 is 0.517 bits per heavy atom. The quantitative estimate of drug-likeness (QED) is 0.0454. The van der Waals surface area contributed by atoms with E-state index in [1.165, 1.54) is 92.0 Å². The third-order valence-electron chi connectivity index (χ3n) is 20.0. The molecule has 0 bridgehead atoms. The van der Waals surface area contributed by atoms with E-state index in [2.05, 4.69) is 99.3 Å². The van der Waals surface area contributed by atoms with Crippen LogP contribution >= 0.6 is 0 Å². The van der Waals surface area contributed by atoms with Crippen LogP contribution in [0.25, 0.3) is 110 Å². The van der Waals surface area contributed by atoms with Crippen LogP contribution in [0.2, 0.25) is 0 Å². The molecule has 47 heteroatoms. The number of aryl methyl sites for hydroxylation is 2. The molecule has 10 heterocycles. The Kier molecular flexibility index (Phi) is 30.2. The average Bonchev–Trinajstić information content (AvgIpc) is 1.69. The summed E-state index contributed by atoms with van der Waals surface area (Å²) in [7, 11) is 1.36. The van der Waals surface area contributed by atoms with Crippen molar-refractivity contribution in [1.29, 1.82) is 0 Å². The van der Waals surface area contributed by atoms with Gasteiger partial charge in [-0.15, -0.1) is 65.9 Å². The van der Waals surface area contributed by atoms with Crippen LogP contribution < -0.4 is 52.1 Å². The monoisotopic (exact) mass is 2010 g/mol. The van der Waals surface area contributed by atoms with E-state index in [-0.39, 0.29) is 96.7 Å². The lowest BCUT2D eigenvalue weighted by atomic mass is 9.99. The van der Waals surface area contributed by atoms with E-state index >= 15 is 0 Å². The van der Waals surface area contributed by atoms with Gasteiger partial charge in [0.15, 0.2) is 57.0 Å². The fourth-order valence-corrected chi connectivity index (χ4v) is 13.7. The average molecular weight is 2010 g/mol. The summed E-state index contributed by atoms with van der Waals surface area (Å²) >= 11 is 0. The van der Waals surface area contributed by atoms with Gasteiger partial charge < -0.3 is 74.7 Å². The predicted molar refractivity (Wildman–Crippen MR) is 478 cm³/mol. The zero-order valence-electron chi connectivity index (χ0n) is 74.4. The summed E-state index contributed by atoms with van der Waals surface area (Å²) in [5.74, 6) is 1.16. The molecule has 20 aromatic rings. The van der Waals surface area contributed by atoms with Crippen LogP contribution in [0.3, 0.4) is 0 Å². The minimum absolute atomic E-state index is 0.0462. The molecule has 10 aromatic carbocycles. The summed E-state index contributed by atoms with van der Waals surface area (Å²) in [6, 6.07) is 56.4. The van der Waals surface area contributed by atoms with Crippen LogP contribution in [-0.4, -0.2) is 115 Å². The third-order valence-corrected chi connectivity index (χ3v) is 20.0. The van der Waals surface area contributed by atoms with E-state index < -0.39 is 43.4 Å². The molecule has 145 heavy (non-hydrogen) atoms. The first-order chi connectivity index (χ1) is 69.6. The minimum Gasteiger partial charge on any atom is -0.496 e. The Morgan fingerprint density at radius 3 is 0.834 bits per heavy atom. The van der Waals surface area contributed by atoms with Gasteiger partial charge in [-0.2, -0.15) is 0 Å². The second-order valence-corrected chi connectivity index (χ2v) is 30.0. The molecule has 0 radical (unpaired) electrons. The number of alkyl halides is 15. The van der Waals surface area contributed by atoms with E-state index in [0.717, 1.165) is 34.0 Å². The molecule has 740 valence electrons. The maximum atomic E-state index is 14.4. The maximum absolute atomic E-state index is 14.4. The van der Waals surface area contributed by atoms with Gasteiger partial charge in [-0.05, 0) is 241 Å². The summed E-state index contributed by atoms with van der Waals surface area (Å²) in [5, 5.41) is 22.4. The highest BCUT2D eigenvalue weighted by Crippen LogP contribution is 2.43. The first-order valence-electron chi connectivity index (χ1n) is 42.1. The largest absolute Gasteiger partial charge is 0.573 e. The van der Waals surface area contributed by atoms with Crippen LogP contribution in [0, 0.1) is 19.7 Å². The highest BCUT2D eigenvalue weighted by molar-refractivity contribution is 5.92. The fraction of sp³-hybridized carbons (Fsp3) is 0.133. The molecule has 0 atom stereocenters. The van der Waals surface area contributed by atoms with Gasteiger partial charge in [-0.3, -0.25) is 0 Å². The highest BCUT2D eigenvalue weighted by atomic mass is 19.4. The fourth-order valence-electron chi connectivity index (χ4n) is 13.7. The number of hydrogen-bond donors (Lipinski definition) is 0. The molecule has 31 nitrogen and oxygen atoms in total. The smallest absolute Gasteiger partial charge is 0.496 e. The zero-order chi connectivity index (χ0) is 102. The lowest BCUT2D eigenvalue weighted by molar-refractivity contribution is -0.275. The number of aromatic nitrogens is 15. The molecule has 0 aliphatic rings. The van der Waals surface area contributed by atoms with Crippen LogP contribution in [0.1, 0.15) is 40.4 Å². The maximum Gasteiger partial charge on any atom is 0.573 e. The molecule has 10 aromatic heterocycles. The molecule has 0 fully saturated rings. The molecule has 0 aliphatic carbocycles. The molecule has 0 aliphatic heterocycles. The van der Waals surface area contributed by atoms with E-state index in [9.17, 15) is 70.2 Å². The number of hydrogen-bond acceptors (Lipinski definition) is 31. The number of nitrogens with zero attached hydrogens (tertiary/aromatic N) is 15. The third kappa shape index (κ3) is 27.4. The predicted octanol–water partition coefficient (Wildman–Crippen LogP) is 24.6. The SMILES string of the molecule is COc1cc(OC(F)(F)F)ccc1-c1ccc2onc(OCc3ncccn3)c2c1.Cc1cc(OC(F)(F)F)ccc1-c1ccc2onc(OCc3ncccn3)c2c1.Cc1ccnc(COc2noc3ccc(-c4ccc(OC(F)(F)F)cc4)cc23)n1.FC(F)(F)Oc1ccc(-c2ccc3onc(OCc4ncccn4)c3c2)cc1.Fc1cc(OC(F)(F)F)ccc1-c1ccc2onc(OCc3ncccn3)c2c1. The van der Waals surface area contributed by atoms with Crippen LogP contribution in [-0.2, 0) is 33.0 Å². The van der Waals surface area contributed by atoms with Gasteiger partial charge in [0.05, 0.1) is 34.0 Å². The Bertz CT molecular complexity index is 7610. The van der Waals surface area contributed by atoms with Gasteiger partial charge in [0.25, 0.3) is 29.4 Å². The van der Waals surface area contributed by atoms with Crippen LogP contribution in [0.5, 0.6) is 63.9 Å². The minimum atomic E-state index is -4.90. The number of methoxy groups -OCH3 is 1. The second kappa shape index (κ2) is 44.0. The van der Waals surface area contributed by atoms with Crippen molar-refractivity contribution in [3.63, 3.8) is 0 Å². The lowest BCUT2D eigenvalue weighted by Gasteiger charge is -2.13. The van der Waals surface area contributed by atoms with Gasteiger partial charge in [-0.1, -0.05) is 60.7 Å². The van der Waals surface area contributed by atoms with Gasteiger partial charge in [0.1, 0.15) is 73.3 Å². The van der Waals surface area contributed by atoms with Crippen molar-refractivity contribution >= 4 is 54.8 Å². The standard InChI is InChI=1S/C20H14F3N3O4.2C20H14F3N3O3.C19H11F4N3O3.C19H12F3N3O3/c1-27-17-10-13(29-20(21,22)23)4-5-14(17)12-3-6-16-15(9-12)19(26-30-16)28-11-18-24-7-2-8-25-18;1-12-9-14(28-20(21,22)23)4-5-15(12)13-3-6-17-16(10-13)19(26-29-17)27-11-18-24-7-2-8-25-18;1-12-8-9-24-18(25-12)11-27-19-16-10-14(4-7-17(16)29-26-19)13-2-5-15(6-3-13)28-20(21,22)23;20-15-9-12(28-19(21,22)23)3-4-13(15)11-2-5-16-14(8-11)18(26-29-16)27-10-17-24-6-1-7-25-17;20-19(21,22)27-14-5-2-12(3-6-14)13-4-7-16-15(10-13)18(25-28-16)26-11-17-23-8-1-9-24-17/h2-10H,11H2,1H3;2*2-10H,11H2,1H3;1-9H,10H2;1-10H,11H2. The van der Waals surface area contributed by atoms with Crippen molar-refractivity contribution in [3.05, 3.63) is 326 Å². The van der Waals surface area contributed by atoms with E-state index in [1.54, 1.807) is 190 Å². The highest BCUT2D eigenvalue weighted by Gasteiger charge is 2.36. The first-order valence-corrected chi connectivity index (χ1v) is 42.1. The van der Waals surface area contributed by atoms with Crippen molar-refractivity contribution < 1.29 is 145 Å². The first kappa shape index (κ1) is 99.6. The van der Waals surface area contributed by atoms with Crippen molar-refractivity contribution in [2.75, 3.05) is 7.11 Å². The van der Waals surface area contributed by atoms with Gasteiger partial charge in [0, 0.05) is 84.7 Å². The molecule has 0 unspecified atom stereocenters. The van der Waals surface area contributed by atoms with Crippen LogP contribution in [0.15, 0.2) is 303 Å². The molecular formula is C98H65F16N15O16. The molecule has 0 amide bonds. The summed E-state index contributed by atoms with van der Waals surface area (Å²) in [6.45, 7) is 4.07. The van der Waals surface area contributed by atoms with E-state index in [1.807, 2.05) is 6.92 Å². The number of ether oxygens (including phenoxy) is 11. The molecular weight excluding hydrogens is 1950 g/mol. The van der Waals surface area contributed by atoms with Crippen molar-refractivity contribution in [2.45, 2.75) is 78.7 Å². The Morgan fingerprint density at radius 1 is 0.255 bits per heavy atom. The van der Waals surface area contributed by atoms with E-state index in [0.29, 0.717) is 123 Å². The summed E-state index contributed by atoms with van der Waals surface area (Å²) in [4.78, 5) is 40.9. The normalized spacial score (nSPS) is 11.6. The Balaban J connectivity index is 0.000000130. The topological polar surface area (TPSA) is 361 Å². The van der Waals surface area contributed by atoms with Gasteiger partial charge in [-0.25, -0.2) is 54.2 Å². The summed E-state index contributed by atoms with van der Waals surface area (Å²) in [6.07, 6.45) is -9.45. The molecule has 0 N–H and O–H groups in total. The van der Waals surface area contributed by atoms with E-state index in [4.69, 9.17) is 51.0 Å². The zero-order valence-corrected chi connectivity index (χ0v) is 74.4. The number of halogens is 16. The molecule has 20 rings (SSSR count). The summed E-state index contributed by atoms with van der Waals surface area (Å²) in [5.41, 5.74) is 10.1. The van der Waals surface area contributed by atoms with Gasteiger partial charge in [0.2, 0.25) is 0 Å². The van der Waals surface area contributed by atoms with Gasteiger partial charge >= 0.3 is 31.8 Å². The molecule has 0 spiro atoms. The lowest BCUT2D eigenvalue weighted by Crippen LogP contribution is -2.17. The summed E-state index contributed by atoms with van der Waals surface area (Å²) < 4.78 is 279. The molecule has 0 saturated carbocycles. The van der Waals surface area contributed by atoms with Crippen molar-refractivity contribution in [1.82, 2.24) is 75.6 Å². The number of rotatable bonds is 26. The van der Waals surface area contributed by atoms with Crippen molar-refractivity contribution in [3.8, 4) is 120 Å². The Labute approximate surface area is 803 Å². The molecule has 0 saturated heterocycles. The number of fused-ring (bicyclic) bond motifs is 5. The van der Waals surface area contributed by atoms with Crippen molar-refractivity contribution in [2.24, 2.45) is 0 Å².